The van der Waals surface area contributed by atoms with Crippen LogP contribution in [0.2, 0.25) is 0 Å². The Labute approximate surface area is 133 Å². The molecule has 9 heteroatoms. The predicted octanol–water partition coefficient (Wildman–Crippen LogP) is 0.000200. The van der Waals surface area contributed by atoms with Gasteiger partial charge in [0.1, 0.15) is 5.56 Å². The SMILES string of the molecule is Cn1ncc(C(=O)O)c1S(=O)(=O)NC[C@@H](O)Cc1ccccc1. The standard InChI is InChI=1S/C14H17N3O5S/c1-17-13(12(9-15-17)14(19)20)23(21,22)16-8-11(18)7-10-5-3-2-4-6-10/h2-6,9,11,16,18H,7-8H2,1H3,(H,19,20)/t11-/m0/s1. The summed E-state index contributed by atoms with van der Waals surface area (Å²) in [5.41, 5.74) is 0.448. The summed E-state index contributed by atoms with van der Waals surface area (Å²) in [6.45, 7) is -0.235. The van der Waals surface area contributed by atoms with Gasteiger partial charge < -0.3 is 10.2 Å². The van der Waals surface area contributed by atoms with E-state index in [1.807, 2.05) is 30.3 Å². The molecule has 0 radical (unpaired) electrons. The first kappa shape index (κ1) is 17.1. The Morgan fingerprint density at radius 3 is 2.61 bits per heavy atom. The van der Waals surface area contributed by atoms with Crippen LogP contribution in [0.4, 0.5) is 0 Å². The lowest BCUT2D eigenvalue weighted by molar-refractivity contribution is 0.0692. The number of rotatable bonds is 7. The molecular formula is C14H17N3O5S. The maximum absolute atomic E-state index is 12.2. The van der Waals surface area contributed by atoms with Gasteiger partial charge in [0.2, 0.25) is 0 Å². The van der Waals surface area contributed by atoms with E-state index in [9.17, 15) is 18.3 Å². The van der Waals surface area contributed by atoms with Crippen molar-refractivity contribution < 1.29 is 23.4 Å². The fourth-order valence-corrected chi connectivity index (χ4v) is 3.50. The number of hydrogen-bond donors (Lipinski definition) is 3. The summed E-state index contributed by atoms with van der Waals surface area (Å²) >= 11 is 0. The van der Waals surface area contributed by atoms with Crippen molar-refractivity contribution in [2.45, 2.75) is 17.6 Å². The zero-order valence-electron chi connectivity index (χ0n) is 12.4. The van der Waals surface area contributed by atoms with E-state index in [4.69, 9.17) is 5.11 Å². The molecule has 0 fully saturated rings. The van der Waals surface area contributed by atoms with Crippen molar-refractivity contribution in [1.82, 2.24) is 14.5 Å². The number of aliphatic hydroxyl groups is 1. The third-order valence-corrected chi connectivity index (χ3v) is 4.73. The smallest absolute Gasteiger partial charge is 0.340 e. The lowest BCUT2D eigenvalue weighted by Gasteiger charge is -2.13. The number of carboxylic acids is 1. The quantitative estimate of drug-likeness (QED) is 0.653. The fraction of sp³-hybridized carbons (Fsp3) is 0.286. The number of benzene rings is 1. The van der Waals surface area contributed by atoms with Gasteiger partial charge in [-0.15, -0.1) is 0 Å². The van der Waals surface area contributed by atoms with Crippen LogP contribution in [0.3, 0.4) is 0 Å². The van der Waals surface area contributed by atoms with Crippen LogP contribution in [0.1, 0.15) is 15.9 Å². The number of nitrogens with zero attached hydrogens (tertiary/aromatic N) is 2. The number of nitrogens with one attached hydrogen (secondary N) is 1. The summed E-state index contributed by atoms with van der Waals surface area (Å²) in [5.74, 6) is -1.39. The van der Waals surface area contributed by atoms with Crippen LogP contribution in [0.15, 0.2) is 41.6 Å². The summed E-state index contributed by atoms with van der Waals surface area (Å²) in [6.07, 6.45) is 0.311. The van der Waals surface area contributed by atoms with Crippen molar-refractivity contribution in [2.24, 2.45) is 7.05 Å². The van der Waals surface area contributed by atoms with Crippen LogP contribution in [0, 0.1) is 0 Å². The molecule has 0 spiro atoms. The monoisotopic (exact) mass is 339 g/mol. The number of aryl methyl sites for hydroxylation is 1. The van der Waals surface area contributed by atoms with Crippen molar-refractivity contribution in [1.29, 1.82) is 0 Å². The molecule has 1 atom stereocenters. The van der Waals surface area contributed by atoms with Gasteiger partial charge in [0.15, 0.2) is 5.03 Å². The predicted molar refractivity (Wildman–Crippen MR) is 81.5 cm³/mol. The van der Waals surface area contributed by atoms with Crippen molar-refractivity contribution in [3.05, 3.63) is 47.7 Å². The second kappa shape index (κ2) is 6.90. The summed E-state index contributed by atoms with van der Waals surface area (Å²) < 4.78 is 27.7. The average Bonchev–Trinajstić information content (AvgIpc) is 2.89. The van der Waals surface area contributed by atoms with Crippen molar-refractivity contribution >= 4 is 16.0 Å². The third kappa shape index (κ3) is 4.15. The van der Waals surface area contributed by atoms with E-state index in [2.05, 4.69) is 9.82 Å². The molecule has 0 amide bonds. The minimum atomic E-state index is -4.10. The highest BCUT2D eigenvalue weighted by atomic mass is 32.2. The highest BCUT2D eigenvalue weighted by Gasteiger charge is 2.27. The number of sulfonamides is 1. The Morgan fingerprint density at radius 2 is 2.00 bits per heavy atom. The largest absolute Gasteiger partial charge is 0.478 e. The van der Waals surface area contributed by atoms with Gasteiger partial charge in [0, 0.05) is 13.6 Å². The molecule has 0 aliphatic carbocycles. The van der Waals surface area contributed by atoms with Crippen molar-refractivity contribution in [3.8, 4) is 0 Å². The molecule has 0 aliphatic heterocycles. The first-order chi connectivity index (χ1) is 10.8. The fourth-order valence-electron chi connectivity index (χ4n) is 2.12. The molecule has 0 aliphatic rings. The van der Waals surface area contributed by atoms with Gasteiger partial charge in [0.25, 0.3) is 10.0 Å². The Balaban J connectivity index is 2.07. The van der Waals surface area contributed by atoms with Crippen LogP contribution < -0.4 is 4.72 Å². The van der Waals surface area contributed by atoms with Crippen LogP contribution in [-0.2, 0) is 23.5 Å². The molecule has 23 heavy (non-hydrogen) atoms. The zero-order chi connectivity index (χ0) is 17.0. The van der Waals surface area contributed by atoms with E-state index in [1.165, 1.54) is 7.05 Å². The Kier molecular flexibility index (Phi) is 5.14. The van der Waals surface area contributed by atoms with Crippen LogP contribution in [0.25, 0.3) is 0 Å². The molecule has 124 valence electrons. The zero-order valence-corrected chi connectivity index (χ0v) is 13.2. The van der Waals surface area contributed by atoms with Gasteiger partial charge in [0.05, 0.1) is 12.3 Å². The number of carboxylic acid groups (broad SMARTS) is 1. The van der Waals surface area contributed by atoms with Crippen molar-refractivity contribution in [3.63, 3.8) is 0 Å². The number of aliphatic hydroxyl groups excluding tert-OH is 1. The molecule has 1 aromatic carbocycles. The molecule has 8 nitrogen and oxygen atoms in total. The van der Waals surface area contributed by atoms with E-state index >= 15 is 0 Å². The second-order valence-corrected chi connectivity index (χ2v) is 6.67. The van der Waals surface area contributed by atoms with E-state index in [0.29, 0.717) is 0 Å². The molecule has 0 saturated carbocycles. The minimum absolute atomic E-state index is 0.235. The molecule has 2 aromatic rings. The Bertz CT molecular complexity index is 786. The first-order valence-corrected chi connectivity index (χ1v) is 8.26. The van der Waals surface area contributed by atoms with Crippen molar-refractivity contribution in [2.75, 3.05) is 6.54 Å². The average molecular weight is 339 g/mol. The normalized spacial score (nSPS) is 13.0. The summed E-state index contributed by atoms with van der Waals surface area (Å²) in [5, 5.41) is 22.2. The number of aromatic nitrogens is 2. The topological polar surface area (TPSA) is 122 Å². The molecule has 2 rings (SSSR count). The van der Waals surface area contributed by atoms with Crippen LogP contribution in [-0.4, -0.2) is 47.0 Å². The third-order valence-electron chi connectivity index (χ3n) is 3.19. The maximum Gasteiger partial charge on any atom is 0.340 e. The summed E-state index contributed by atoms with van der Waals surface area (Å²) in [7, 11) is -2.77. The van der Waals surface area contributed by atoms with Gasteiger partial charge in [-0.3, -0.25) is 4.68 Å². The molecule has 0 unspecified atom stereocenters. The lowest BCUT2D eigenvalue weighted by Crippen LogP contribution is -2.34. The van der Waals surface area contributed by atoms with E-state index in [-0.39, 0.29) is 13.0 Å². The highest BCUT2D eigenvalue weighted by molar-refractivity contribution is 7.89. The van der Waals surface area contributed by atoms with Gasteiger partial charge in [-0.05, 0) is 12.0 Å². The Morgan fingerprint density at radius 1 is 1.35 bits per heavy atom. The van der Waals surface area contributed by atoms with Gasteiger partial charge in [-0.2, -0.15) is 5.10 Å². The maximum atomic E-state index is 12.2. The lowest BCUT2D eigenvalue weighted by atomic mass is 10.1. The highest BCUT2D eigenvalue weighted by Crippen LogP contribution is 2.14. The summed E-state index contributed by atoms with van der Waals surface area (Å²) in [6, 6.07) is 9.12. The summed E-state index contributed by atoms with van der Waals surface area (Å²) in [4.78, 5) is 11.1. The molecule has 1 heterocycles. The molecule has 1 aromatic heterocycles. The van der Waals surface area contributed by atoms with Crippen LogP contribution >= 0.6 is 0 Å². The van der Waals surface area contributed by atoms with Gasteiger partial charge >= 0.3 is 5.97 Å². The van der Waals surface area contributed by atoms with E-state index in [0.717, 1.165) is 16.4 Å². The van der Waals surface area contributed by atoms with E-state index < -0.39 is 32.7 Å². The molecule has 3 N–H and O–H groups in total. The molecular weight excluding hydrogens is 322 g/mol. The number of aromatic carboxylic acids is 1. The first-order valence-electron chi connectivity index (χ1n) is 6.78. The van der Waals surface area contributed by atoms with Gasteiger partial charge in [-0.1, -0.05) is 30.3 Å². The minimum Gasteiger partial charge on any atom is -0.478 e. The van der Waals surface area contributed by atoms with Crippen LogP contribution in [0.5, 0.6) is 0 Å². The Hall–Kier alpha value is -2.23. The second-order valence-electron chi connectivity index (χ2n) is 4.99. The molecule has 0 bridgehead atoms. The van der Waals surface area contributed by atoms with E-state index in [1.54, 1.807) is 0 Å². The number of hydrogen-bond acceptors (Lipinski definition) is 5. The number of carbonyl (C=O) groups is 1. The van der Waals surface area contributed by atoms with Gasteiger partial charge in [-0.25, -0.2) is 17.9 Å². The molecule has 0 saturated heterocycles.